The second-order valence-corrected chi connectivity index (χ2v) is 6.29. The van der Waals surface area contributed by atoms with Gasteiger partial charge in [-0.2, -0.15) is 0 Å². The molecule has 0 saturated carbocycles. The summed E-state index contributed by atoms with van der Waals surface area (Å²) < 4.78 is 11.0. The third-order valence-electron chi connectivity index (χ3n) is 4.13. The number of ether oxygens (including phenoxy) is 1. The van der Waals surface area contributed by atoms with Gasteiger partial charge in [-0.3, -0.25) is 9.78 Å². The van der Waals surface area contributed by atoms with Gasteiger partial charge in [-0.1, -0.05) is 18.2 Å². The van der Waals surface area contributed by atoms with Crippen LogP contribution < -0.4 is 15.4 Å². The lowest BCUT2D eigenvalue weighted by Crippen LogP contribution is -2.22. The first-order chi connectivity index (χ1) is 14.3. The molecule has 0 aliphatic heterocycles. The Balaban J connectivity index is 1.37. The Morgan fingerprint density at radius 1 is 0.897 bits per heavy atom. The molecule has 2 N–H and O–H groups in total. The van der Waals surface area contributed by atoms with Crippen LogP contribution in [0.15, 0.2) is 95.9 Å². The third kappa shape index (κ3) is 5.01. The normalized spacial score (nSPS) is 10.3. The van der Waals surface area contributed by atoms with Gasteiger partial charge in [-0.25, -0.2) is 0 Å². The fourth-order valence-corrected chi connectivity index (χ4v) is 2.71. The van der Waals surface area contributed by atoms with E-state index in [0.717, 1.165) is 17.2 Å². The molecule has 0 fully saturated rings. The van der Waals surface area contributed by atoms with E-state index in [0.29, 0.717) is 23.6 Å². The van der Waals surface area contributed by atoms with E-state index in [9.17, 15) is 4.79 Å². The van der Waals surface area contributed by atoms with Gasteiger partial charge in [0.25, 0.3) is 5.91 Å². The van der Waals surface area contributed by atoms with Crippen LogP contribution in [0, 0.1) is 0 Å². The Labute approximate surface area is 168 Å². The summed E-state index contributed by atoms with van der Waals surface area (Å²) >= 11 is 0. The third-order valence-corrected chi connectivity index (χ3v) is 4.13. The van der Waals surface area contributed by atoms with Crippen molar-refractivity contribution < 1.29 is 13.9 Å². The Morgan fingerprint density at radius 2 is 1.69 bits per heavy atom. The summed E-state index contributed by atoms with van der Waals surface area (Å²) in [6.45, 7) is 0.326. The Bertz CT molecular complexity index is 1060. The van der Waals surface area contributed by atoms with Crippen LogP contribution in [-0.2, 0) is 6.54 Å². The Hall–Kier alpha value is -4.06. The number of para-hydroxylation sites is 1. The topological polar surface area (TPSA) is 76.4 Å². The predicted molar refractivity (Wildman–Crippen MR) is 110 cm³/mol. The quantitative estimate of drug-likeness (QED) is 0.461. The minimum absolute atomic E-state index is 0.218. The highest BCUT2D eigenvalue weighted by Crippen LogP contribution is 2.24. The van der Waals surface area contributed by atoms with Gasteiger partial charge in [0, 0.05) is 11.9 Å². The van der Waals surface area contributed by atoms with Crippen molar-refractivity contribution in [3.05, 3.63) is 103 Å². The number of aromatic nitrogens is 1. The molecule has 0 saturated heterocycles. The Kier molecular flexibility index (Phi) is 5.53. The first kappa shape index (κ1) is 18.3. The van der Waals surface area contributed by atoms with Gasteiger partial charge in [0.15, 0.2) is 0 Å². The van der Waals surface area contributed by atoms with Gasteiger partial charge in [-0.05, 0) is 54.6 Å². The number of furan rings is 1. The van der Waals surface area contributed by atoms with Crippen LogP contribution in [-0.4, -0.2) is 10.9 Å². The maximum Gasteiger partial charge on any atom is 0.253 e. The monoisotopic (exact) mass is 385 g/mol. The average Bonchev–Trinajstić information content (AvgIpc) is 3.28. The van der Waals surface area contributed by atoms with Crippen LogP contribution >= 0.6 is 0 Å². The molecule has 1 amide bonds. The van der Waals surface area contributed by atoms with E-state index < -0.39 is 0 Å². The molecular formula is C23H19N3O3. The second kappa shape index (κ2) is 8.75. The highest BCUT2D eigenvalue weighted by atomic mass is 16.5. The van der Waals surface area contributed by atoms with Crippen molar-refractivity contribution in [3.63, 3.8) is 0 Å². The molecule has 6 heteroatoms. The van der Waals surface area contributed by atoms with E-state index in [1.54, 1.807) is 24.6 Å². The molecule has 0 unspecified atom stereocenters. The fourth-order valence-electron chi connectivity index (χ4n) is 2.71. The van der Waals surface area contributed by atoms with Crippen LogP contribution in [0.1, 0.15) is 16.1 Å². The molecule has 0 aliphatic carbocycles. The zero-order valence-electron chi connectivity index (χ0n) is 15.5. The van der Waals surface area contributed by atoms with E-state index in [2.05, 4.69) is 15.6 Å². The smallest absolute Gasteiger partial charge is 0.253 e. The lowest BCUT2D eigenvalue weighted by molar-refractivity contribution is 0.0947. The molecule has 6 nitrogen and oxygen atoms in total. The lowest BCUT2D eigenvalue weighted by atomic mass is 10.2. The van der Waals surface area contributed by atoms with Crippen molar-refractivity contribution in [3.8, 4) is 11.5 Å². The number of rotatable bonds is 7. The summed E-state index contributed by atoms with van der Waals surface area (Å²) in [6, 6.07) is 22.5. The maximum absolute atomic E-state index is 12.3. The molecule has 0 aliphatic rings. The van der Waals surface area contributed by atoms with Crippen LogP contribution in [0.25, 0.3) is 0 Å². The number of hydrogen-bond acceptors (Lipinski definition) is 5. The number of amides is 1. The van der Waals surface area contributed by atoms with E-state index in [4.69, 9.17) is 9.15 Å². The van der Waals surface area contributed by atoms with Crippen LogP contribution in [0.4, 0.5) is 11.4 Å². The summed E-state index contributed by atoms with van der Waals surface area (Å²) in [7, 11) is 0. The predicted octanol–water partition coefficient (Wildman–Crippen LogP) is 5.14. The first-order valence-corrected chi connectivity index (χ1v) is 9.12. The van der Waals surface area contributed by atoms with E-state index in [1.807, 2.05) is 60.7 Å². The molecule has 2 aromatic heterocycles. The SMILES string of the molecule is O=C(NCc1ccco1)c1cncc(Nc2ccc(Oc3ccccc3)cc2)c1. The number of nitrogens with one attached hydrogen (secondary N) is 2. The van der Waals surface area contributed by atoms with Crippen molar-refractivity contribution >= 4 is 17.3 Å². The van der Waals surface area contributed by atoms with Crippen molar-refractivity contribution in [2.45, 2.75) is 6.54 Å². The first-order valence-electron chi connectivity index (χ1n) is 9.12. The molecular weight excluding hydrogens is 366 g/mol. The fraction of sp³-hybridized carbons (Fsp3) is 0.0435. The number of carbonyl (C=O) groups is 1. The van der Waals surface area contributed by atoms with Crippen LogP contribution in [0.5, 0.6) is 11.5 Å². The van der Waals surface area contributed by atoms with Crippen molar-refractivity contribution in [2.75, 3.05) is 5.32 Å². The zero-order chi connectivity index (χ0) is 19.9. The number of benzene rings is 2. The molecule has 0 bridgehead atoms. The molecule has 144 valence electrons. The lowest BCUT2D eigenvalue weighted by Gasteiger charge is -2.10. The van der Waals surface area contributed by atoms with E-state index >= 15 is 0 Å². The summed E-state index contributed by atoms with van der Waals surface area (Å²) in [5.41, 5.74) is 2.04. The summed E-state index contributed by atoms with van der Waals surface area (Å²) in [4.78, 5) is 16.5. The van der Waals surface area contributed by atoms with E-state index in [-0.39, 0.29) is 5.91 Å². The van der Waals surface area contributed by atoms with Gasteiger partial charge in [0.1, 0.15) is 17.3 Å². The maximum atomic E-state index is 12.3. The number of hydrogen-bond donors (Lipinski definition) is 2. The van der Waals surface area contributed by atoms with E-state index in [1.165, 1.54) is 6.20 Å². The standard InChI is InChI=1S/C23H19N3O3/c27-23(25-16-22-7-4-12-28-22)17-13-19(15-24-14-17)26-18-8-10-21(11-9-18)29-20-5-2-1-3-6-20/h1-15,26H,16H2,(H,25,27). The molecule has 29 heavy (non-hydrogen) atoms. The molecule has 4 rings (SSSR count). The van der Waals surface area contributed by atoms with Crippen molar-refractivity contribution in [2.24, 2.45) is 0 Å². The Morgan fingerprint density at radius 3 is 2.45 bits per heavy atom. The van der Waals surface area contributed by atoms with Gasteiger partial charge >= 0.3 is 0 Å². The molecule has 0 spiro atoms. The van der Waals surface area contributed by atoms with Crippen molar-refractivity contribution in [1.29, 1.82) is 0 Å². The van der Waals surface area contributed by atoms with Gasteiger partial charge in [-0.15, -0.1) is 0 Å². The average molecular weight is 385 g/mol. The molecule has 2 heterocycles. The number of anilines is 2. The highest BCUT2D eigenvalue weighted by molar-refractivity contribution is 5.94. The number of nitrogens with zero attached hydrogens (tertiary/aromatic N) is 1. The van der Waals surface area contributed by atoms with Crippen LogP contribution in [0.3, 0.4) is 0 Å². The molecule has 0 radical (unpaired) electrons. The van der Waals surface area contributed by atoms with Crippen molar-refractivity contribution in [1.82, 2.24) is 10.3 Å². The number of pyridine rings is 1. The van der Waals surface area contributed by atoms with Gasteiger partial charge in [0.05, 0.1) is 30.3 Å². The minimum Gasteiger partial charge on any atom is -0.467 e. The van der Waals surface area contributed by atoms with Gasteiger partial charge < -0.3 is 19.8 Å². The molecule has 0 atom stereocenters. The number of carbonyl (C=O) groups excluding carboxylic acids is 1. The molecule has 2 aromatic carbocycles. The zero-order valence-corrected chi connectivity index (χ0v) is 15.5. The highest BCUT2D eigenvalue weighted by Gasteiger charge is 2.08. The van der Waals surface area contributed by atoms with Crippen LogP contribution in [0.2, 0.25) is 0 Å². The molecule has 4 aromatic rings. The largest absolute Gasteiger partial charge is 0.467 e. The summed E-state index contributed by atoms with van der Waals surface area (Å²) in [5, 5.41) is 6.05. The summed E-state index contributed by atoms with van der Waals surface area (Å²) in [6.07, 6.45) is 4.76. The summed E-state index contributed by atoms with van der Waals surface area (Å²) in [5.74, 6) is 2.00. The van der Waals surface area contributed by atoms with Gasteiger partial charge in [0.2, 0.25) is 0 Å². The second-order valence-electron chi connectivity index (χ2n) is 6.29. The minimum atomic E-state index is -0.218.